The summed E-state index contributed by atoms with van der Waals surface area (Å²) < 4.78 is 31.4. The van der Waals surface area contributed by atoms with E-state index in [0.717, 1.165) is 6.07 Å². The quantitative estimate of drug-likeness (QED) is 0.652. The van der Waals surface area contributed by atoms with E-state index in [9.17, 15) is 18.0 Å². The molecule has 0 heterocycles. The molecule has 0 aliphatic carbocycles. The monoisotopic (exact) mass is 325 g/mol. The summed E-state index contributed by atoms with van der Waals surface area (Å²) in [7, 11) is -4.62. The van der Waals surface area contributed by atoms with Crippen LogP contribution in [0.4, 0.5) is 5.69 Å². The Labute approximate surface area is 119 Å². The number of carbonyl (C=O) groups excluding carboxylic acids is 2. The summed E-state index contributed by atoms with van der Waals surface area (Å²) in [5.74, 6) is -1.15. The van der Waals surface area contributed by atoms with Gasteiger partial charge < -0.3 is 5.32 Å². The summed E-state index contributed by atoms with van der Waals surface area (Å²) in [6.07, 6.45) is -0.441. The Kier molecular flexibility index (Phi) is 4.92. The number of amides is 1. The Morgan fingerprint density at radius 1 is 1.32 bits per heavy atom. The molecule has 0 radical (unpaired) electrons. The highest BCUT2D eigenvalue weighted by Crippen LogP contribution is 2.33. The van der Waals surface area contributed by atoms with E-state index in [2.05, 4.69) is 5.32 Å². The Hall–Kier alpha value is -1.15. The second-order valence-corrected chi connectivity index (χ2v) is 5.90. The van der Waals surface area contributed by atoms with E-state index in [4.69, 9.17) is 27.8 Å². The van der Waals surface area contributed by atoms with Gasteiger partial charge in [-0.1, -0.05) is 23.2 Å². The van der Waals surface area contributed by atoms with Gasteiger partial charge in [0.2, 0.25) is 5.91 Å². The zero-order valence-electron chi connectivity index (χ0n) is 9.61. The van der Waals surface area contributed by atoms with E-state index < -0.39 is 33.1 Å². The van der Waals surface area contributed by atoms with Gasteiger partial charge in [-0.15, -0.1) is 0 Å². The van der Waals surface area contributed by atoms with Crippen molar-refractivity contribution >= 4 is 50.7 Å². The first-order valence-corrected chi connectivity index (χ1v) is 7.06. The molecule has 0 atom stereocenters. The highest BCUT2D eigenvalue weighted by molar-refractivity contribution is 7.86. The van der Waals surface area contributed by atoms with Gasteiger partial charge >= 0.3 is 0 Å². The van der Waals surface area contributed by atoms with Crippen molar-refractivity contribution in [1.29, 1.82) is 0 Å². The van der Waals surface area contributed by atoms with Crippen LogP contribution in [0.3, 0.4) is 0 Å². The fraction of sp³-hybridized carbons (Fsp3) is 0.200. The van der Waals surface area contributed by atoms with E-state index in [1.807, 2.05) is 0 Å². The zero-order valence-corrected chi connectivity index (χ0v) is 11.9. The molecule has 1 rings (SSSR count). The summed E-state index contributed by atoms with van der Waals surface area (Å²) in [4.78, 5) is 21.6. The van der Waals surface area contributed by atoms with Gasteiger partial charge in [0.05, 0.1) is 17.1 Å². The Morgan fingerprint density at radius 3 is 2.37 bits per heavy atom. The average Bonchev–Trinajstić information content (AvgIpc) is 2.18. The molecule has 9 heteroatoms. The third-order valence-electron chi connectivity index (χ3n) is 1.97. The molecule has 6 nitrogen and oxygen atoms in total. The third-order valence-corrected chi connectivity index (χ3v) is 3.36. The number of anilines is 1. The molecule has 0 aliphatic rings. The summed E-state index contributed by atoms with van der Waals surface area (Å²) >= 11 is 11.4. The molecule has 1 amide bonds. The Balaban J connectivity index is 3.27. The summed E-state index contributed by atoms with van der Waals surface area (Å²) in [5, 5.41) is 1.96. The first-order valence-electron chi connectivity index (χ1n) is 4.87. The molecule has 0 aliphatic heterocycles. The number of ketones is 1. The minimum absolute atomic E-state index is 0.0257. The maximum atomic E-state index is 11.4. The first kappa shape index (κ1) is 15.9. The number of Topliss-reactive ketones (excluding diaryl/α,β-unsaturated/α-hetero) is 1. The first-order chi connectivity index (χ1) is 8.61. The minimum atomic E-state index is -4.62. The van der Waals surface area contributed by atoms with Crippen molar-refractivity contribution in [2.24, 2.45) is 0 Å². The van der Waals surface area contributed by atoms with Crippen molar-refractivity contribution in [3.63, 3.8) is 0 Å². The van der Waals surface area contributed by atoms with Crippen molar-refractivity contribution in [1.82, 2.24) is 0 Å². The molecule has 0 fully saturated rings. The van der Waals surface area contributed by atoms with E-state index in [-0.39, 0.29) is 15.7 Å². The molecule has 0 bridgehead atoms. The van der Waals surface area contributed by atoms with Crippen LogP contribution in [-0.2, 0) is 19.7 Å². The smallest absolute Gasteiger partial charge is 0.296 e. The topological polar surface area (TPSA) is 101 Å². The van der Waals surface area contributed by atoms with Crippen LogP contribution in [0.5, 0.6) is 0 Å². The maximum absolute atomic E-state index is 11.4. The number of halogens is 2. The third kappa shape index (κ3) is 4.46. The number of rotatable bonds is 4. The number of hydrogen-bond acceptors (Lipinski definition) is 4. The fourth-order valence-electron chi connectivity index (χ4n) is 1.28. The van der Waals surface area contributed by atoms with Crippen LogP contribution in [0.2, 0.25) is 10.0 Å². The van der Waals surface area contributed by atoms with Gasteiger partial charge in [0.1, 0.15) is 10.7 Å². The Morgan fingerprint density at radius 2 is 1.89 bits per heavy atom. The molecule has 0 saturated carbocycles. The number of benzene rings is 1. The lowest BCUT2D eigenvalue weighted by atomic mass is 10.2. The van der Waals surface area contributed by atoms with Crippen LogP contribution in [0, 0.1) is 0 Å². The lowest BCUT2D eigenvalue weighted by Gasteiger charge is -2.11. The second-order valence-electron chi connectivity index (χ2n) is 3.66. The van der Waals surface area contributed by atoms with Crippen molar-refractivity contribution < 1.29 is 22.6 Å². The molecule has 1 aromatic rings. The van der Waals surface area contributed by atoms with Crippen LogP contribution in [-0.4, -0.2) is 24.7 Å². The van der Waals surface area contributed by atoms with Crippen molar-refractivity contribution in [2.75, 3.05) is 5.32 Å². The van der Waals surface area contributed by atoms with Crippen LogP contribution in [0.25, 0.3) is 0 Å². The van der Waals surface area contributed by atoms with Gasteiger partial charge in [-0.3, -0.25) is 14.1 Å². The number of hydrogen-bond donors (Lipinski definition) is 2. The van der Waals surface area contributed by atoms with Gasteiger partial charge in [0.15, 0.2) is 0 Å². The minimum Gasteiger partial charge on any atom is -0.323 e. The predicted octanol–water partition coefficient (Wildman–Crippen LogP) is 2.16. The van der Waals surface area contributed by atoms with Gasteiger partial charge in [0, 0.05) is 5.02 Å². The number of carbonyl (C=O) groups is 2. The molecule has 0 spiro atoms. The van der Waals surface area contributed by atoms with Crippen LogP contribution < -0.4 is 5.32 Å². The lowest BCUT2D eigenvalue weighted by Crippen LogP contribution is -2.17. The number of nitrogens with one attached hydrogen (secondary N) is 1. The normalized spacial score (nSPS) is 11.2. The lowest BCUT2D eigenvalue weighted by molar-refractivity contribution is -0.124. The van der Waals surface area contributed by atoms with Gasteiger partial charge in [-0.2, -0.15) is 8.42 Å². The molecule has 2 N–H and O–H groups in total. The predicted molar refractivity (Wildman–Crippen MR) is 70.2 cm³/mol. The van der Waals surface area contributed by atoms with Gasteiger partial charge in [0.25, 0.3) is 10.1 Å². The molecule has 0 saturated heterocycles. The fourth-order valence-corrected chi connectivity index (χ4v) is 2.64. The van der Waals surface area contributed by atoms with E-state index >= 15 is 0 Å². The van der Waals surface area contributed by atoms with E-state index in [0.29, 0.717) is 0 Å². The summed E-state index contributed by atoms with van der Waals surface area (Å²) in [6, 6.07) is 2.13. The maximum Gasteiger partial charge on any atom is 0.296 e. The van der Waals surface area contributed by atoms with Crippen molar-refractivity contribution in [2.45, 2.75) is 18.2 Å². The van der Waals surface area contributed by atoms with Gasteiger partial charge in [-0.05, 0) is 19.1 Å². The SMILES string of the molecule is CC(=O)CC(=O)Nc1c(Cl)cc(Cl)cc1S(=O)(=O)O. The standard InChI is InChI=1S/C10H9Cl2NO5S/c1-5(14)2-9(15)13-10-7(12)3-6(11)4-8(10)19(16,17)18/h3-4H,2H2,1H3,(H,13,15)(H,16,17,18). The molecule has 1 aromatic carbocycles. The Bertz CT molecular complexity index is 642. The van der Waals surface area contributed by atoms with Crippen LogP contribution in [0.1, 0.15) is 13.3 Å². The van der Waals surface area contributed by atoms with Crippen molar-refractivity contribution in [3.8, 4) is 0 Å². The van der Waals surface area contributed by atoms with Gasteiger partial charge in [-0.25, -0.2) is 0 Å². The van der Waals surface area contributed by atoms with E-state index in [1.54, 1.807) is 0 Å². The molecule has 0 unspecified atom stereocenters. The zero-order chi connectivity index (χ0) is 14.8. The highest BCUT2D eigenvalue weighted by atomic mass is 35.5. The highest BCUT2D eigenvalue weighted by Gasteiger charge is 2.21. The van der Waals surface area contributed by atoms with Crippen LogP contribution in [0.15, 0.2) is 17.0 Å². The van der Waals surface area contributed by atoms with E-state index in [1.165, 1.54) is 13.0 Å². The molecule has 104 valence electrons. The van der Waals surface area contributed by atoms with Crippen molar-refractivity contribution in [3.05, 3.63) is 22.2 Å². The summed E-state index contributed by atoms with van der Waals surface area (Å²) in [6.45, 7) is 1.20. The summed E-state index contributed by atoms with van der Waals surface area (Å²) in [5.41, 5.74) is -0.320. The molecule has 0 aromatic heterocycles. The molecule has 19 heavy (non-hydrogen) atoms. The average molecular weight is 326 g/mol. The molecular weight excluding hydrogens is 317 g/mol. The largest absolute Gasteiger partial charge is 0.323 e. The van der Waals surface area contributed by atoms with Crippen LogP contribution >= 0.6 is 23.2 Å². The second kappa shape index (κ2) is 5.87. The molecular formula is C10H9Cl2NO5S.